The second kappa shape index (κ2) is 10.2. The molecule has 0 amide bonds. The Morgan fingerprint density at radius 3 is 2.62 bits per heavy atom. The average molecular weight is 444 g/mol. The van der Waals surface area contributed by atoms with Gasteiger partial charge in [-0.15, -0.1) is 0 Å². The van der Waals surface area contributed by atoms with E-state index in [-0.39, 0.29) is 23.5 Å². The number of nitrogens with zero attached hydrogens (tertiary/aromatic N) is 1. The highest BCUT2D eigenvalue weighted by Crippen LogP contribution is 2.48. The molecule has 1 saturated carbocycles. The smallest absolute Gasteiger partial charge is 0.302 e. The molecule has 5 atom stereocenters. The quantitative estimate of drug-likeness (QED) is 0.394. The Kier molecular flexibility index (Phi) is 7.96. The minimum atomic E-state index is -0.677. The number of rotatable bonds is 6. The third-order valence-electron chi connectivity index (χ3n) is 8.35. The number of aliphatic hydroxyl groups is 1. The molecule has 3 aliphatic rings. The molecular weight excluding hydrogens is 398 g/mol. The lowest BCUT2D eigenvalue weighted by molar-refractivity contribution is -0.147. The zero-order valence-corrected chi connectivity index (χ0v) is 21.2. The molecule has 1 N–H and O–H groups in total. The van der Waals surface area contributed by atoms with E-state index in [4.69, 9.17) is 4.74 Å². The van der Waals surface area contributed by atoms with Gasteiger partial charge >= 0.3 is 5.97 Å². The Hall–Kier alpha value is -1.55. The lowest BCUT2D eigenvalue weighted by Gasteiger charge is -2.47. The molecule has 2 aliphatic heterocycles. The van der Waals surface area contributed by atoms with Gasteiger partial charge in [-0.05, 0) is 83.6 Å². The summed E-state index contributed by atoms with van der Waals surface area (Å²) in [5, 5.41) is 10.3. The van der Waals surface area contributed by atoms with Crippen LogP contribution >= 0.6 is 0 Å². The van der Waals surface area contributed by atoms with Gasteiger partial charge in [0.15, 0.2) is 0 Å². The van der Waals surface area contributed by atoms with Crippen LogP contribution in [0.15, 0.2) is 35.6 Å². The molecule has 0 radical (unpaired) electrons. The highest BCUT2D eigenvalue weighted by Gasteiger charge is 2.48. The second-order valence-corrected chi connectivity index (χ2v) is 11.3. The summed E-state index contributed by atoms with van der Waals surface area (Å²) in [5.74, 6) is 1.11. The fourth-order valence-electron chi connectivity index (χ4n) is 6.06. The summed E-state index contributed by atoms with van der Waals surface area (Å²) in [5.41, 5.74) is 2.42. The molecule has 2 saturated heterocycles. The first-order chi connectivity index (χ1) is 15.0. The third kappa shape index (κ3) is 5.87. The number of hydrogen-bond acceptors (Lipinski definition) is 4. The van der Waals surface area contributed by atoms with E-state index < -0.39 is 5.60 Å². The van der Waals surface area contributed by atoms with Crippen LogP contribution in [0.25, 0.3) is 0 Å². The summed E-state index contributed by atoms with van der Waals surface area (Å²) in [4.78, 5) is 14.0. The molecule has 0 bridgehead atoms. The lowest BCUT2D eigenvalue weighted by atomic mass is 9.73. The van der Waals surface area contributed by atoms with E-state index in [1.54, 1.807) is 0 Å². The van der Waals surface area contributed by atoms with Gasteiger partial charge in [-0.1, -0.05) is 37.6 Å². The van der Waals surface area contributed by atoms with E-state index in [0.717, 1.165) is 38.6 Å². The fraction of sp³-hybridized carbons (Fsp3) is 0.750. The molecule has 0 spiro atoms. The van der Waals surface area contributed by atoms with Gasteiger partial charge in [0.2, 0.25) is 0 Å². The molecule has 4 heteroatoms. The monoisotopic (exact) mass is 443 g/mol. The molecule has 2 heterocycles. The maximum Gasteiger partial charge on any atom is 0.302 e. The number of allylic oxidation sites excluding steroid dienone is 4. The largest absolute Gasteiger partial charge is 0.462 e. The van der Waals surface area contributed by atoms with Gasteiger partial charge in [0.25, 0.3) is 0 Å². The third-order valence-corrected chi connectivity index (χ3v) is 8.35. The molecule has 32 heavy (non-hydrogen) atoms. The van der Waals surface area contributed by atoms with Crippen molar-refractivity contribution in [2.24, 2.45) is 17.8 Å². The minimum absolute atomic E-state index is 0.0533. The lowest BCUT2D eigenvalue weighted by Crippen LogP contribution is -2.48. The Labute approximate surface area is 195 Å². The molecular formula is C28H45NO3. The van der Waals surface area contributed by atoms with Crippen molar-refractivity contribution in [2.45, 2.75) is 110 Å². The van der Waals surface area contributed by atoms with Gasteiger partial charge in [-0.2, -0.15) is 0 Å². The number of ether oxygens (including phenoxy) is 1. The first-order valence-corrected chi connectivity index (χ1v) is 12.7. The number of esters is 1. The first kappa shape index (κ1) is 25.1. The van der Waals surface area contributed by atoms with Gasteiger partial charge in [-0.3, -0.25) is 4.79 Å². The van der Waals surface area contributed by atoms with Crippen LogP contribution in [0.4, 0.5) is 0 Å². The summed E-state index contributed by atoms with van der Waals surface area (Å²) in [7, 11) is 0. The van der Waals surface area contributed by atoms with Crippen molar-refractivity contribution in [1.29, 1.82) is 0 Å². The van der Waals surface area contributed by atoms with Gasteiger partial charge in [-0.25, -0.2) is 0 Å². The highest BCUT2D eigenvalue weighted by molar-refractivity contribution is 5.66. The van der Waals surface area contributed by atoms with E-state index in [0.29, 0.717) is 11.8 Å². The van der Waals surface area contributed by atoms with Crippen LogP contribution in [0.1, 0.15) is 92.9 Å². The predicted molar refractivity (Wildman–Crippen MR) is 131 cm³/mol. The molecule has 1 unspecified atom stereocenters. The van der Waals surface area contributed by atoms with Crippen LogP contribution in [0.2, 0.25) is 0 Å². The molecule has 0 aromatic heterocycles. The van der Waals surface area contributed by atoms with Crippen molar-refractivity contribution in [1.82, 2.24) is 4.90 Å². The maximum absolute atomic E-state index is 11.3. The summed E-state index contributed by atoms with van der Waals surface area (Å²) in [6.07, 6.45) is 18.2. The predicted octanol–water partition coefficient (Wildman–Crippen LogP) is 6.17. The van der Waals surface area contributed by atoms with E-state index >= 15 is 0 Å². The molecule has 3 rings (SSSR count). The van der Waals surface area contributed by atoms with Gasteiger partial charge in [0.1, 0.15) is 6.10 Å². The van der Waals surface area contributed by atoms with Crippen molar-refractivity contribution in [3.8, 4) is 0 Å². The summed E-state index contributed by atoms with van der Waals surface area (Å²) >= 11 is 0. The average Bonchev–Trinajstić information content (AvgIpc) is 3.07. The number of carbonyl (C=O) groups is 1. The molecule has 180 valence electrons. The Bertz CT molecular complexity index is 759. The van der Waals surface area contributed by atoms with Crippen LogP contribution in [-0.4, -0.2) is 39.8 Å². The number of fused-ring (bicyclic) bond motifs is 1. The van der Waals surface area contributed by atoms with E-state index in [2.05, 4.69) is 50.0 Å². The summed E-state index contributed by atoms with van der Waals surface area (Å²) in [6.45, 7) is 13.3. The van der Waals surface area contributed by atoms with Crippen LogP contribution in [0, 0.1) is 17.8 Å². The van der Waals surface area contributed by atoms with Crippen molar-refractivity contribution < 1.29 is 14.6 Å². The molecule has 3 fully saturated rings. The van der Waals surface area contributed by atoms with Crippen LogP contribution < -0.4 is 0 Å². The van der Waals surface area contributed by atoms with E-state index in [9.17, 15) is 9.90 Å². The number of piperidine rings is 1. The molecule has 0 aromatic rings. The normalized spacial score (nSPS) is 33.5. The molecule has 0 aromatic carbocycles. The van der Waals surface area contributed by atoms with Crippen LogP contribution in [0.5, 0.6) is 0 Å². The Morgan fingerprint density at radius 2 is 1.94 bits per heavy atom. The van der Waals surface area contributed by atoms with Crippen molar-refractivity contribution in [3.05, 3.63) is 35.6 Å². The molecule has 1 aliphatic carbocycles. The van der Waals surface area contributed by atoms with E-state index in [1.165, 1.54) is 37.5 Å². The summed E-state index contributed by atoms with van der Waals surface area (Å²) < 4.78 is 5.47. The first-order valence-electron chi connectivity index (χ1n) is 12.7. The SMILES string of the molecule is CC(=O)O[C@H]1CCC/C(=C/C=C2\CCC[C@]3(C)C([C@H](C)/C=C/[C@H](C)C(C)(C)O)CCN23)C1. The van der Waals surface area contributed by atoms with Gasteiger partial charge in [0.05, 0.1) is 5.60 Å². The highest BCUT2D eigenvalue weighted by atomic mass is 16.5. The molecule has 4 nitrogen and oxygen atoms in total. The standard InChI is InChI=1S/C28H45NO3/c1-20(12-13-21(2)27(4,5)31)26-16-18-29-24(10-8-17-28(26,29)6)15-14-23-9-7-11-25(19-23)32-22(3)30/h12-15,20-21,25-26,31H,7-11,16-19H2,1-6H3/b13-12+,23-14-,24-15+/t20-,21+,25+,26?,28-/m1/s1. The maximum atomic E-state index is 11.3. The number of hydrogen-bond donors (Lipinski definition) is 1. The Balaban J connectivity index is 1.70. The number of carbonyl (C=O) groups excluding carboxylic acids is 1. The van der Waals surface area contributed by atoms with E-state index in [1.807, 2.05) is 13.8 Å². The van der Waals surface area contributed by atoms with Crippen molar-refractivity contribution in [2.75, 3.05) is 6.54 Å². The van der Waals surface area contributed by atoms with Crippen LogP contribution in [-0.2, 0) is 9.53 Å². The van der Waals surface area contributed by atoms with Crippen molar-refractivity contribution >= 4 is 5.97 Å². The zero-order valence-electron chi connectivity index (χ0n) is 21.2. The fourth-order valence-corrected chi connectivity index (χ4v) is 6.06. The minimum Gasteiger partial charge on any atom is -0.462 e. The second-order valence-electron chi connectivity index (χ2n) is 11.3. The van der Waals surface area contributed by atoms with Gasteiger partial charge in [0, 0.05) is 37.0 Å². The summed E-state index contributed by atoms with van der Waals surface area (Å²) in [6, 6.07) is 0. The topological polar surface area (TPSA) is 49.8 Å². The zero-order chi connectivity index (χ0) is 23.5. The van der Waals surface area contributed by atoms with Crippen molar-refractivity contribution in [3.63, 3.8) is 0 Å². The van der Waals surface area contributed by atoms with Gasteiger partial charge < -0.3 is 14.7 Å². The van der Waals surface area contributed by atoms with Crippen LogP contribution in [0.3, 0.4) is 0 Å². The Morgan fingerprint density at radius 1 is 1.19 bits per heavy atom.